The summed E-state index contributed by atoms with van der Waals surface area (Å²) in [4.78, 5) is 10.2. The number of aldehydes is 1. The molecule has 0 saturated carbocycles. The van der Waals surface area contributed by atoms with E-state index in [1.807, 2.05) is 6.07 Å². The Labute approximate surface area is 82.5 Å². The molecular weight excluding hydrogens is 188 g/mol. The van der Waals surface area contributed by atoms with Crippen molar-refractivity contribution in [2.75, 3.05) is 7.11 Å². The number of halogens is 1. The summed E-state index contributed by atoms with van der Waals surface area (Å²) in [6.07, 6.45) is 2.04. The molecular formula is C10H11ClO2. The van der Waals surface area contributed by atoms with Gasteiger partial charge in [-0.25, -0.2) is 0 Å². The van der Waals surface area contributed by atoms with Gasteiger partial charge in [0.2, 0.25) is 0 Å². The molecule has 0 bridgehead atoms. The highest BCUT2D eigenvalue weighted by atomic mass is 35.5. The van der Waals surface area contributed by atoms with Gasteiger partial charge in [-0.05, 0) is 30.2 Å². The first kappa shape index (κ1) is 10.1. The normalized spacial score (nSPS) is 9.69. The molecule has 3 heteroatoms. The SMILES string of the molecule is COc1ccc(Cl)c(CCC=O)c1. The van der Waals surface area contributed by atoms with Crippen LogP contribution >= 0.6 is 11.6 Å². The molecule has 0 aromatic heterocycles. The Hall–Kier alpha value is -1.02. The van der Waals surface area contributed by atoms with E-state index in [0.29, 0.717) is 17.9 Å². The molecule has 0 spiro atoms. The second-order valence-corrected chi connectivity index (χ2v) is 3.07. The molecule has 0 saturated heterocycles. The number of ether oxygens (including phenoxy) is 1. The topological polar surface area (TPSA) is 26.3 Å². The van der Waals surface area contributed by atoms with Crippen LogP contribution in [0, 0.1) is 0 Å². The van der Waals surface area contributed by atoms with Gasteiger partial charge in [0.15, 0.2) is 0 Å². The number of rotatable bonds is 4. The number of aryl methyl sites for hydroxylation is 1. The van der Waals surface area contributed by atoms with Crippen molar-refractivity contribution < 1.29 is 9.53 Å². The molecule has 0 unspecified atom stereocenters. The van der Waals surface area contributed by atoms with Crippen LogP contribution in [0.5, 0.6) is 5.75 Å². The Kier molecular flexibility index (Phi) is 3.77. The highest BCUT2D eigenvalue weighted by Gasteiger charge is 2.01. The Morgan fingerprint density at radius 2 is 2.31 bits per heavy atom. The average Bonchev–Trinajstić information content (AvgIpc) is 2.17. The van der Waals surface area contributed by atoms with E-state index in [1.54, 1.807) is 19.2 Å². The van der Waals surface area contributed by atoms with Crippen molar-refractivity contribution >= 4 is 17.9 Å². The summed E-state index contributed by atoms with van der Waals surface area (Å²) in [7, 11) is 1.60. The quantitative estimate of drug-likeness (QED) is 0.695. The number of hydrogen-bond acceptors (Lipinski definition) is 2. The third kappa shape index (κ3) is 2.74. The number of carbonyl (C=O) groups excluding carboxylic acids is 1. The van der Waals surface area contributed by atoms with E-state index >= 15 is 0 Å². The number of methoxy groups -OCH3 is 1. The molecule has 0 aliphatic carbocycles. The summed E-state index contributed by atoms with van der Waals surface area (Å²) in [5.41, 5.74) is 0.952. The minimum Gasteiger partial charge on any atom is -0.497 e. The maximum atomic E-state index is 10.2. The second-order valence-electron chi connectivity index (χ2n) is 2.66. The van der Waals surface area contributed by atoms with E-state index < -0.39 is 0 Å². The highest BCUT2D eigenvalue weighted by Crippen LogP contribution is 2.22. The van der Waals surface area contributed by atoms with Gasteiger partial charge < -0.3 is 9.53 Å². The van der Waals surface area contributed by atoms with Crippen LogP contribution in [0.4, 0.5) is 0 Å². The van der Waals surface area contributed by atoms with Crippen LogP contribution in [0.1, 0.15) is 12.0 Å². The first-order valence-corrected chi connectivity index (χ1v) is 4.41. The lowest BCUT2D eigenvalue weighted by molar-refractivity contribution is -0.107. The van der Waals surface area contributed by atoms with Crippen molar-refractivity contribution in [3.05, 3.63) is 28.8 Å². The fourth-order valence-corrected chi connectivity index (χ4v) is 1.30. The smallest absolute Gasteiger partial charge is 0.120 e. The summed E-state index contributed by atoms with van der Waals surface area (Å²) in [6, 6.07) is 5.43. The van der Waals surface area contributed by atoms with Crippen molar-refractivity contribution in [3.8, 4) is 5.75 Å². The van der Waals surface area contributed by atoms with Gasteiger partial charge in [-0.15, -0.1) is 0 Å². The highest BCUT2D eigenvalue weighted by molar-refractivity contribution is 6.31. The Morgan fingerprint density at radius 1 is 1.54 bits per heavy atom. The standard InChI is InChI=1S/C10H11ClO2/c1-13-9-4-5-10(11)8(7-9)3-2-6-12/h4-7H,2-3H2,1H3. The van der Waals surface area contributed by atoms with Crippen molar-refractivity contribution in [1.29, 1.82) is 0 Å². The monoisotopic (exact) mass is 198 g/mol. The zero-order valence-electron chi connectivity index (χ0n) is 7.42. The molecule has 0 radical (unpaired) electrons. The number of hydrogen-bond donors (Lipinski definition) is 0. The van der Waals surface area contributed by atoms with Crippen molar-refractivity contribution in [1.82, 2.24) is 0 Å². The van der Waals surface area contributed by atoms with Crippen LogP contribution in [-0.4, -0.2) is 13.4 Å². The second kappa shape index (κ2) is 4.87. The van der Waals surface area contributed by atoms with Crippen LogP contribution in [0.25, 0.3) is 0 Å². The Morgan fingerprint density at radius 3 is 2.92 bits per heavy atom. The number of benzene rings is 1. The Balaban J connectivity index is 2.83. The molecule has 0 fully saturated rings. The molecule has 0 aliphatic heterocycles. The van der Waals surface area contributed by atoms with Crippen molar-refractivity contribution in [3.63, 3.8) is 0 Å². The molecule has 0 aliphatic rings. The zero-order valence-corrected chi connectivity index (χ0v) is 8.17. The van der Waals surface area contributed by atoms with Crippen LogP contribution in [-0.2, 0) is 11.2 Å². The van der Waals surface area contributed by atoms with Crippen molar-refractivity contribution in [2.45, 2.75) is 12.8 Å². The molecule has 1 rings (SSSR count). The predicted octanol–water partition coefficient (Wildman–Crippen LogP) is 2.48. The summed E-state index contributed by atoms with van der Waals surface area (Å²) >= 11 is 5.92. The van der Waals surface area contributed by atoms with Gasteiger partial charge in [0.25, 0.3) is 0 Å². The van der Waals surface area contributed by atoms with Gasteiger partial charge in [0, 0.05) is 11.4 Å². The van der Waals surface area contributed by atoms with Crippen LogP contribution < -0.4 is 4.74 Å². The first-order chi connectivity index (χ1) is 6.27. The fourth-order valence-electron chi connectivity index (χ4n) is 1.08. The summed E-state index contributed by atoms with van der Waals surface area (Å²) in [5.74, 6) is 0.769. The maximum absolute atomic E-state index is 10.2. The minimum absolute atomic E-state index is 0.493. The molecule has 0 N–H and O–H groups in total. The lowest BCUT2D eigenvalue weighted by Gasteiger charge is -2.04. The van der Waals surface area contributed by atoms with E-state index in [1.165, 1.54) is 0 Å². The molecule has 70 valence electrons. The lowest BCUT2D eigenvalue weighted by Crippen LogP contribution is -1.90. The first-order valence-electron chi connectivity index (χ1n) is 4.04. The zero-order chi connectivity index (χ0) is 9.68. The van der Waals surface area contributed by atoms with Crippen molar-refractivity contribution in [2.24, 2.45) is 0 Å². The van der Waals surface area contributed by atoms with Gasteiger partial charge in [0.1, 0.15) is 12.0 Å². The summed E-state index contributed by atoms with van der Waals surface area (Å²) < 4.78 is 5.04. The van der Waals surface area contributed by atoms with E-state index in [2.05, 4.69) is 0 Å². The van der Waals surface area contributed by atoms with E-state index in [9.17, 15) is 4.79 Å². The van der Waals surface area contributed by atoms with E-state index in [4.69, 9.17) is 16.3 Å². The van der Waals surface area contributed by atoms with Gasteiger partial charge in [-0.3, -0.25) is 0 Å². The van der Waals surface area contributed by atoms with E-state index in [-0.39, 0.29) is 0 Å². The lowest BCUT2D eigenvalue weighted by atomic mass is 10.1. The molecule has 0 amide bonds. The minimum atomic E-state index is 0.493. The average molecular weight is 199 g/mol. The van der Waals surface area contributed by atoms with Crippen LogP contribution in [0.15, 0.2) is 18.2 Å². The molecule has 1 aromatic carbocycles. The van der Waals surface area contributed by atoms with Gasteiger partial charge >= 0.3 is 0 Å². The Bertz CT molecular complexity index is 297. The maximum Gasteiger partial charge on any atom is 0.120 e. The van der Waals surface area contributed by atoms with Gasteiger partial charge in [-0.2, -0.15) is 0 Å². The number of carbonyl (C=O) groups is 1. The van der Waals surface area contributed by atoms with Crippen LogP contribution in [0.3, 0.4) is 0 Å². The fraction of sp³-hybridized carbons (Fsp3) is 0.300. The molecule has 0 atom stereocenters. The molecule has 1 aromatic rings. The van der Waals surface area contributed by atoms with Gasteiger partial charge in [0.05, 0.1) is 7.11 Å². The third-order valence-corrected chi connectivity index (χ3v) is 2.15. The summed E-state index contributed by atoms with van der Waals surface area (Å²) in [6.45, 7) is 0. The van der Waals surface area contributed by atoms with E-state index in [0.717, 1.165) is 17.6 Å². The molecule has 13 heavy (non-hydrogen) atoms. The molecule has 0 heterocycles. The summed E-state index contributed by atoms with van der Waals surface area (Å²) in [5, 5.41) is 0.683. The predicted molar refractivity (Wildman–Crippen MR) is 52.4 cm³/mol. The largest absolute Gasteiger partial charge is 0.497 e. The third-order valence-electron chi connectivity index (χ3n) is 1.78. The van der Waals surface area contributed by atoms with Crippen LogP contribution in [0.2, 0.25) is 5.02 Å². The molecule has 2 nitrogen and oxygen atoms in total. The van der Waals surface area contributed by atoms with Gasteiger partial charge in [-0.1, -0.05) is 11.6 Å².